The van der Waals surface area contributed by atoms with Gasteiger partial charge in [0, 0.05) is 29.3 Å². The fraction of sp³-hybridized carbons (Fsp3) is 0.333. The number of hydrogen-bond donors (Lipinski definition) is 3. The third-order valence-electron chi connectivity index (χ3n) is 5.09. The molecule has 0 aromatic heterocycles. The van der Waals surface area contributed by atoms with Crippen LogP contribution in [-0.2, 0) is 16.0 Å². The first-order valence-electron chi connectivity index (χ1n) is 9.35. The molecule has 0 aliphatic heterocycles. The minimum atomic E-state index is -0.886. The van der Waals surface area contributed by atoms with Gasteiger partial charge in [-0.3, -0.25) is 9.59 Å². The topological polar surface area (TPSA) is 78.4 Å². The van der Waals surface area contributed by atoms with Gasteiger partial charge in [-0.1, -0.05) is 41.8 Å². The van der Waals surface area contributed by atoms with Crippen molar-refractivity contribution in [2.24, 2.45) is 0 Å². The summed E-state index contributed by atoms with van der Waals surface area (Å²) in [5.41, 5.74) is 2.17. The van der Waals surface area contributed by atoms with Gasteiger partial charge in [0.15, 0.2) is 0 Å². The highest BCUT2D eigenvalue weighted by Gasteiger charge is 2.35. The molecule has 2 aromatic carbocycles. The zero-order valence-electron chi connectivity index (χ0n) is 15.6. The Morgan fingerprint density at radius 1 is 1.10 bits per heavy atom. The minimum Gasteiger partial charge on any atom is -0.396 e. The smallest absolute Gasteiger partial charge is 0.313 e. The van der Waals surface area contributed by atoms with Gasteiger partial charge < -0.3 is 15.7 Å². The van der Waals surface area contributed by atoms with Crippen LogP contribution in [0.4, 0.5) is 10.1 Å². The normalized spacial score (nSPS) is 17.7. The first kappa shape index (κ1) is 21.6. The summed E-state index contributed by atoms with van der Waals surface area (Å²) in [7, 11) is 0. The van der Waals surface area contributed by atoms with Crippen LogP contribution in [0.2, 0.25) is 10.0 Å². The highest BCUT2D eigenvalue weighted by Crippen LogP contribution is 2.40. The summed E-state index contributed by atoms with van der Waals surface area (Å²) >= 11 is 11.9. The Balaban J connectivity index is 1.69. The zero-order chi connectivity index (χ0) is 21.0. The Kier molecular flexibility index (Phi) is 7.11. The first-order chi connectivity index (χ1) is 13.9. The molecule has 2 aromatic rings. The molecule has 0 saturated heterocycles. The number of carbonyl (C=O) groups excluding carboxylic acids is 2. The molecule has 3 rings (SSSR count). The third-order valence-corrected chi connectivity index (χ3v) is 5.75. The van der Waals surface area contributed by atoms with Gasteiger partial charge in [0.2, 0.25) is 0 Å². The number of fused-ring (bicyclic) bond motifs is 1. The zero-order valence-corrected chi connectivity index (χ0v) is 17.1. The summed E-state index contributed by atoms with van der Waals surface area (Å²) in [6, 6.07) is 9.13. The van der Waals surface area contributed by atoms with Gasteiger partial charge in [0.25, 0.3) is 0 Å². The van der Waals surface area contributed by atoms with E-state index in [0.717, 1.165) is 30.0 Å². The predicted molar refractivity (Wildman–Crippen MR) is 111 cm³/mol. The van der Waals surface area contributed by atoms with Crippen LogP contribution in [0, 0.1) is 5.82 Å². The van der Waals surface area contributed by atoms with Crippen molar-refractivity contribution in [3.05, 3.63) is 63.4 Å². The fourth-order valence-corrected chi connectivity index (χ4v) is 4.07. The summed E-state index contributed by atoms with van der Waals surface area (Å²) in [5.74, 6) is -2.38. The Hall–Kier alpha value is -2.15. The average Bonchev–Trinajstić information content (AvgIpc) is 3.03. The molecule has 2 amide bonds. The number of rotatable bonds is 6. The second-order valence-corrected chi connectivity index (χ2v) is 7.81. The van der Waals surface area contributed by atoms with Crippen molar-refractivity contribution in [1.29, 1.82) is 0 Å². The lowest BCUT2D eigenvalue weighted by Crippen LogP contribution is -2.43. The summed E-state index contributed by atoms with van der Waals surface area (Å²) in [4.78, 5) is 24.7. The van der Waals surface area contributed by atoms with E-state index in [2.05, 4.69) is 10.6 Å². The molecule has 0 spiro atoms. The number of anilines is 1. The number of carbonyl (C=O) groups is 2. The first-order valence-corrected chi connectivity index (χ1v) is 10.1. The number of nitrogens with one attached hydrogen (secondary N) is 2. The second kappa shape index (κ2) is 9.57. The van der Waals surface area contributed by atoms with Crippen LogP contribution in [0.1, 0.15) is 36.3 Å². The van der Waals surface area contributed by atoms with Crippen LogP contribution in [0.5, 0.6) is 0 Å². The lowest BCUT2D eigenvalue weighted by atomic mass is 9.92. The van der Waals surface area contributed by atoms with Crippen LogP contribution in [-0.4, -0.2) is 29.6 Å². The van der Waals surface area contributed by atoms with Crippen molar-refractivity contribution in [3.8, 4) is 0 Å². The molecule has 0 fully saturated rings. The molecule has 0 heterocycles. The third kappa shape index (κ3) is 5.07. The van der Waals surface area contributed by atoms with Gasteiger partial charge in [0.05, 0.1) is 5.02 Å². The molecule has 0 bridgehead atoms. The van der Waals surface area contributed by atoms with Crippen molar-refractivity contribution in [1.82, 2.24) is 5.32 Å². The highest BCUT2D eigenvalue weighted by molar-refractivity contribution is 6.39. The highest BCUT2D eigenvalue weighted by atomic mass is 35.5. The number of hydrogen-bond acceptors (Lipinski definition) is 3. The van der Waals surface area contributed by atoms with Crippen molar-refractivity contribution >= 4 is 40.7 Å². The van der Waals surface area contributed by atoms with Crippen LogP contribution in [0.15, 0.2) is 36.4 Å². The molecule has 2 atom stereocenters. The van der Waals surface area contributed by atoms with Gasteiger partial charge in [-0.25, -0.2) is 4.39 Å². The maximum absolute atomic E-state index is 13.5. The molecule has 29 heavy (non-hydrogen) atoms. The SMILES string of the molecule is O=C(Nc1ccc(Cl)c(F)c1)C(=O)NC1Cc2c(Cl)cccc2C1CCCCO. The molecule has 2 unspecified atom stereocenters. The molecule has 0 saturated carbocycles. The van der Waals surface area contributed by atoms with Gasteiger partial charge in [-0.2, -0.15) is 0 Å². The quantitative estimate of drug-likeness (QED) is 0.469. The molecular weight excluding hydrogens is 418 g/mol. The molecular formula is C21H21Cl2FN2O3. The summed E-state index contributed by atoms with van der Waals surface area (Å²) in [6.07, 6.45) is 2.72. The minimum absolute atomic E-state index is 0.0000219. The fourth-order valence-electron chi connectivity index (χ4n) is 3.70. The van der Waals surface area contributed by atoms with Crippen molar-refractivity contribution < 1.29 is 19.1 Å². The van der Waals surface area contributed by atoms with E-state index >= 15 is 0 Å². The molecule has 3 N–H and O–H groups in total. The molecule has 8 heteroatoms. The Morgan fingerprint density at radius 2 is 1.90 bits per heavy atom. The number of halogens is 3. The van der Waals surface area contributed by atoms with E-state index in [1.54, 1.807) is 6.07 Å². The van der Waals surface area contributed by atoms with E-state index in [1.807, 2.05) is 12.1 Å². The molecule has 0 radical (unpaired) electrons. The van der Waals surface area contributed by atoms with E-state index in [9.17, 15) is 14.0 Å². The number of aliphatic hydroxyl groups is 1. The maximum atomic E-state index is 13.5. The Morgan fingerprint density at radius 3 is 2.62 bits per heavy atom. The van der Waals surface area contributed by atoms with Gasteiger partial charge >= 0.3 is 11.8 Å². The monoisotopic (exact) mass is 438 g/mol. The lowest BCUT2D eigenvalue weighted by molar-refractivity contribution is -0.136. The molecule has 5 nitrogen and oxygen atoms in total. The number of unbranched alkanes of at least 4 members (excludes halogenated alkanes) is 1. The Bertz CT molecular complexity index is 923. The van der Waals surface area contributed by atoms with Gasteiger partial charge in [-0.15, -0.1) is 0 Å². The number of amides is 2. The number of benzene rings is 2. The van der Waals surface area contributed by atoms with Crippen LogP contribution < -0.4 is 10.6 Å². The van der Waals surface area contributed by atoms with E-state index in [4.69, 9.17) is 28.3 Å². The van der Waals surface area contributed by atoms with Crippen molar-refractivity contribution in [2.75, 3.05) is 11.9 Å². The number of aliphatic hydroxyl groups excluding tert-OH is 1. The van der Waals surface area contributed by atoms with E-state index in [-0.39, 0.29) is 29.3 Å². The van der Waals surface area contributed by atoms with Crippen LogP contribution >= 0.6 is 23.2 Å². The largest absolute Gasteiger partial charge is 0.396 e. The summed E-state index contributed by atoms with van der Waals surface area (Å²) < 4.78 is 13.5. The lowest BCUT2D eigenvalue weighted by Gasteiger charge is -2.21. The molecule has 154 valence electrons. The molecule has 1 aliphatic rings. The van der Waals surface area contributed by atoms with Crippen LogP contribution in [0.25, 0.3) is 0 Å². The van der Waals surface area contributed by atoms with Gasteiger partial charge in [0.1, 0.15) is 5.82 Å². The summed E-state index contributed by atoms with van der Waals surface area (Å²) in [5, 5.41) is 14.8. The predicted octanol–water partition coefficient (Wildman–Crippen LogP) is 4.06. The standard InChI is InChI=1S/C21H21Cl2FN2O3/c22-16-6-3-5-13-14(4-1-2-9-27)19(11-15(13)16)26-21(29)20(28)25-12-7-8-17(23)18(24)10-12/h3,5-8,10,14,19,27H,1-2,4,9,11H2,(H,25,28)(H,26,29). The summed E-state index contributed by atoms with van der Waals surface area (Å²) in [6.45, 7) is 0.103. The second-order valence-electron chi connectivity index (χ2n) is 7.00. The van der Waals surface area contributed by atoms with E-state index < -0.39 is 17.6 Å². The van der Waals surface area contributed by atoms with Crippen molar-refractivity contribution in [3.63, 3.8) is 0 Å². The maximum Gasteiger partial charge on any atom is 0.313 e. The molecule has 1 aliphatic carbocycles. The average molecular weight is 439 g/mol. The van der Waals surface area contributed by atoms with Gasteiger partial charge in [-0.05, 0) is 54.7 Å². The van der Waals surface area contributed by atoms with E-state index in [0.29, 0.717) is 17.9 Å². The Labute approximate surface area is 178 Å². The van der Waals surface area contributed by atoms with E-state index in [1.165, 1.54) is 12.1 Å². The van der Waals surface area contributed by atoms with Crippen LogP contribution in [0.3, 0.4) is 0 Å². The van der Waals surface area contributed by atoms with Crippen molar-refractivity contribution in [2.45, 2.75) is 37.6 Å².